The third kappa shape index (κ3) is 3.35. The summed E-state index contributed by atoms with van der Waals surface area (Å²) in [5, 5.41) is 0. The molecule has 7 heteroatoms. The van der Waals surface area contributed by atoms with Crippen LogP contribution in [0.2, 0.25) is 0 Å². The molecule has 148 valence electrons. The van der Waals surface area contributed by atoms with Gasteiger partial charge in [0.25, 0.3) is 5.91 Å². The number of amides is 2. The minimum Gasteiger partial charge on any atom is -0.495 e. The van der Waals surface area contributed by atoms with Crippen molar-refractivity contribution in [3.05, 3.63) is 60.8 Å². The molecule has 2 aromatic heterocycles. The highest BCUT2D eigenvalue weighted by Gasteiger charge is 2.35. The number of benzene rings is 1. The molecular formula is C22H21N3O4. The van der Waals surface area contributed by atoms with Gasteiger partial charge in [0, 0.05) is 25.2 Å². The standard InChI is InChI=1S/C22H21N3O4/c1-14-13-24(22(27)21-5-4-8-29-21)20-10-16(6-7-19(20)25(14)15(2)26)17-9-18(28-3)12-23-11-17/h4-12,14H,13H2,1-3H3. The maximum absolute atomic E-state index is 13.1. The van der Waals surface area contributed by atoms with E-state index in [4.69, 9.17) is 9.15 Å². The molecular weight excluding hydrogens is 370 g/mol. The molecule has 0 bridgehead atoms. The minimum absolute atomic E-state index is 0.0698. The first-order valence-corrected chi connectivity index (χ1v) is 9.28. The molecule has 1 aliphatic heterocycles. The van der Waals surface area contributed by atoms with Crippen LogP contribution in [0.15, 0.2) is 59.5 Å². The van der Waals surface area contributed by atoms with Crippen molar-refractivity contribution in [2.24, 2.45) is 0 Å². The first-order valence-electron chi connectivity index (χ1n) is 9.28. The number of nitrogens with zero attached hydrogens (tertiary/aromatic N) is 3. The first kappa shape index (κ1) is 18.7. The monoisotopic (exact) mass is 391 g/mol. The van der Waals surface area contributed by atoms with Gasteiger partial charge in [0.2, 0.25) is 5.91 Å². The number of furan rings is 1. The van der Waals surface area contributed by atoms with Gasteiger partial charge >= 0.3 is 0 Å². The molecule has 1 aromatic carbocycles. The summed E-state index contributed by atoms with van der Waals surface area (Å²) in [6, 6.07) is 10.7. The van der Waals surface area contributed by atoms with E-state index in [1.807, 2.05) is 31.2 Å². The molecule has 0 spiro atoms. The van der Waals surface area contributed by atoms with Gasteiger partial charge in [-0.05, 0) is 42.8 Å². The molecule has 0 radical (unpaired) electrons. The van der Waals surface area contributed by atoms with E-state index >= 15 is 0 Å². The molecule has 1 unspecified atom stereocenters. The SMILES string of the molecule is COc1cncc(-c2ccc3c(c2)N(C(=O)c2ccco2)CC(C)N3C(C)=O)c1. The summed E-state index contributed by atoms with van der Waals surface area (Å²) in [5.74, 6) is 0.586. The number of fused-ring (bicyclic) bond motifs is 1. The Bertz CT molecular complexity index is 1060. The molecule has 0 saturated heterocycles. The van der Waals surface area contributed by atoms with Crippen LogP contribution >= 0.6 is 0 Å². The molecule has 3 aromatic rings. The Morgan fingerprint density at radius 2 is 1.97 bits per heavy atom. The van der Waals surface area contributed by atoms with Crippen LogP contribution in [-0.4, -0.2) is 36.5 Å². The molecule has 0 saturated carbocycles. The van der Waals surface area contributed by atoms with Gasteiger partial charge in [0.1, 0.15) is 5.75 Å². The highest BCUT2D eigenvalue weighted by atomic mass is 16.5. The quantitative estimate of drug-likeness (QED) is 0.680. The number of hydrogen-bond donors (Lipinski definition) is 0. The summed E-state index contributed by atoms with van der Waals surface area (Å²) in [7, 11) is 1.59. The predicted molar refractivity (Wildman–Crippen MR) is 109 cm³/mol. The zero-order valence-electron chi connectivity index (χ0n) is 16.5. The highest BCUT2D eigenvalue weighted by molar-refractivity contribution is 6.10. The van der Waals surface area contributed by atoms with Crippen LogP contribution in [0.3, 0.4) is 0 Å². The fourth-order valence-electron chi connectivity index (χ4n) is 3.70. The smallest absolute Gasteiger partial charge is 0.294 e. The van der Waals surface area contributed by atoms with Crippen LogP contribution in [0.1, 0.15) is 24.4 Å². The van der Waals surface area contributed by atoms with Crippen molar-refractivity contribution in [3.63, 3.8) is 0 Å². The summed E-state index contributed by atoms with van der Waals surface area (Å²) in [6.07, 6.45) is 4.84. The van der Waals surface area contributed by atoms with Crippen molar-refractivity contribution in [2.75, 3.05) is 23.5 Å². The lowest BCUT2D eigenvalue weighted by molar-refractivity contribution is -0.117. The molecule has 4 rings (SSSR count). The molecule has 3 heterocycles. The van der Waals surface area contributed by atoms with E-state index in [-0.39, 0.29) is 23.6 Å². The van der Waals surface area contributed by atoms with Crippen molar-refractivity contribution < 1.29 is 18.7 Å². The van der Waals surface area contributed by atoms with Crippen LogP contribution in [0.5, 0.6) is 5.75 Å². The maximum Gasteiger partial charge on any atom is 0.294 e. The third-order valence-electron chi connectivity index (χ3n) is 5.01. The number of anilines is 2. The number of pyridine rings is 1. The van der Waals surface area contributed by atoms with Gasteiger partial charge in [-0.15, -0.1) is 0 Å². The molecule has 1 aliphatic rings. The molecule has 0 aliphatic carbocycles. The van der Waals surface area contributed by atoms with Gasteiger partial charge in [-0.3, -0.25) is 14.6 Å². The topological polar surface area (TPSA) is 75.9 Å². The van der Waals surface area contributed by atoms with Crippen molar-refractivity contribution in [2.45, 2.75) is 19.9 Å². The van der Waals surface area contributed by atoms with E-state index in [0.717, 1.165) is 11.1 Å². The second-order valence-electron chi connectivity index (χ2n) is 6.95. The van der Waals surface area contributed by atoms with Crippen LogP contribution in [0, 0.1) is 0 Å². The largest absolute Gasteiger partial charge is 0.495 e. The van der Waals surface area contributed by atoms with E-state index in [9.17, 15) is 9.59 Å². The van der Waals surface area contributed by atoms with E-state index in [1.165, 1.54) is 13.2 Å². The molecule has 2 amide bonds. The van der Waals surface area contributed by atoms with E-state index < -0.39 is 0 Å². The number of carbonyl (C=O) groups excluding carboxylic acids is 2. The summed E-state index contributed by atoms with van der Waals surface area (Å²) in [5.41, 5.74) is 3.06. The van der Waals surface area contributed by atoms with Crippen LogP contribution in [0.25, 0.3) is 11.1 Å². The average molecular weight is 391 g/mol. The van der Waals surface area contributed by atoms with Gasteiger partial charge in [-0.2, -0.15) is 0 Å². The molecule has 7 nitrogen and oxygen atoms in total. The number of hydrogen-bond acceptors (Lipinski definition) is 5. The number of carbonyl (C=O) groups is 2. The lowest BCUT2D eigenvalue weighted by atomic mass is 10.0. The van der Waals surface area contributed by atoms with Gasteiger partial charge < -0.3 is 19.0 Å². The molecule has 0 N–H and O–H groups in total. The van der Waals surface area contributed by atoms with Crippen molar-refractivity contribution >= 4 is 23.2 Å². The fraction of sp³-hybridized carbons (Fsp3) is 0.227. The summed E-state index contributed by atoms with van der Waals surface area (Å²) >= 11 is 0. The third-order valence-corrected chi connectivity index (χ3v) is 5.01. The summed E-state index contributed by atoms with van der Waals surface area (Å²) in [6.45, 7) is 3.82. The predicted octanol–water partition coefficient (Wildman–Crippen LogP) is 3.75. The van der Waals surface area contributed by atoms with E-state index in [0.29, 0.717) is 23.7 Å². The second-order valence-corrected chi connectivity index (χ2v) is 6.95. The van der Waals surface area contributed by atoms with Gasteiger partial charge in [0.15, 0.2) is 5.76 Å². The maximum atomic E-state index is 13.1. The Balaban J connectivity index is 1.84. The number of aromatic nitrogens is 1. The van der Waals surface area contributed by atoms with Crippen LogP contribution < -0.4 is 14.5 Å². The van der Waals surface area contributed by atoms with Crippen LogP contribution in [-0.2, 0) is 4.79 Å². The zero-order chi connectivity index (χ0) is 20.5. The van der Waals surface area contributed by atoms with Gasteiger partial charge in [-0.1, -0.05) is 6.07 Å². The van der Waals surface area contributed by atoms with Crippen LogP contribution in [0.4, 0.5) is 11.4 Å². The average Bonchev–Trinajstić information content (AvgIpc) is 3.27. The van der Waals surface area contributed by atoms with Crippen molar-refractivity contribution in [3.8, 4) is 16.9 Å². The number of rotatable bonds is 3. The van der Waals surface area contributed by atoms with E-state index in [2.05, 4.69) is 4.98 Å². The Labute approximate surface area is 168 Å². The Hall–Kier alpha value is -3.61. The minimum atomic E-state index is -0.243. The first-order chi connectivity index (χ1) is 14.0. The summed E-state index contributed by atoms with van der Waals surface area (Å²) < 4.78 is 10.6. The Morgan fingerprint density at radius 3 is 2.66 bits per heavy atom. The number of methoxy groups -OCH3 is 1. The molecule has 29 heavy (non-hydrogen) atoms. The van der Waals surface area contributed by atoms with Crippen molar-refractivity contribution in [1.29, 1.82) is 0 Å². The van der Waals surface area contributed by atoms with Crippen molar-refractivity contribution in [1.82, 2.24) is 4.98 Å². The van der Waals surface area contributed by atoms with Gasteiger partial charge in [0.05, 0.1) is 37.0 Å². The Morgan fingerprint density at radius 1 is 1.14 bits per heavy atom. The fourth-order valence-corrected chi connectivity index (χ4v) is 3.70. The van der Waals surface area contributed by atoms with E-state index in [1.54, 1.807) is 41.4 Å². The second kappa shape index (κ2) is 7.43. The number of ether oxygens (including phenoxy) is 1. The van der Waals surface area contributed by atoms with Gasteiger partial charge in [-0.25, -0.2) is 0 Å². The highest BCUT2D eigenvalue weighted by Crippen LogP contribution is 2.39. The molecule has 0 fully saturated rings. The Kier molecular flexibility index (Phi) is 4.80. The lowest BCUT2D eigenvalue weighted by Crippen LogP contribution is -2.51. The zero-order valence-corrected chi connectivity index (χ0v) is 16.5. The summed E-state index contributed by atoms with van der Waals surface area (Å²) in [4.78, 5) is 33.0. The normalized spacial score (nSPS) is 15.8. The molecule has 1 atom stereocenters. The lowest BCUT2D eigenvalue weighted by Gasteiger charge is -2.40.